The van der Waals surface area contributed by atoms with E-state index in [0.717, 1.165) is 19.0 Å². The summed E-state index contributed by atoms with van der Waals surface area (Å²) in [4.78, 5) is 2.09. The summed E-state index contributed by atoms with van der Waals surface area (Å²) in [6.45, 7) is 2.05. The van der Waals surface area contributed by atoms with E-state index >= 15 is 0 Å². The first-order valence-electron chi connectivity index (χ1n) is 6.41. The monoisotopic (exact) mass is 272 g/mol. The number of nitrogens with zero attached hydrogens (tertiary/aromatic N) is 1. The highest BCUT2D eigenvalue weighted by Crippen LogP contribution is 2.10. The molecule has 2 N–H and O–H groups in total. The van der Waals surface area contributed by atoms with E-state index in [-0.39, 0.29) is 6.04 Å². The van der Waals surface area contributed by atoms with Crippen LogP contribution < -0.4 is 5.73 Å². The van der Waals surface area contributed by atoms with Crippen LogP contribution in [0, 0.1) is 11.6 Å². The molecular weight excluding hydrogens is 250 g/mol. The SMILES string of the molecule is CN(C)CCCOC[C@H](N)Cc1ccc(F)c(F)c1. The van der Waals surface area contributed by atoms with Crippen molar-refractivity contribution in [2.24, 2.45) is 5.73 Å². The Balaban J connectivity index is 2.23. The molecule has 0 aliphatic carbocycles. The number of nitrogens with two attached hydrogens (primary N) is 1. The average Bonchev–Trinajstić information content (AvgIpc) is 2.33. The van der Waals surface area contributed by atoms with Crippen molar-refractivity contribution in [1.82, 2.24) is 4.90 Å². The van der Waals surface area contributed by atoms with Crippen molar-refractivity contribution in [3.63, 3.8) is 0 Å². The lowest BCUT2D eigenvalue weighted by atomic mass is 10.1. The molecule has 5 heteroatoms. The zero-order valence-electron chi connectivity index (χ0n) is 11.5. The van der Waals surface area contributed by atoms with Gasteiger partial charge in [-0.3, -0.25) is 0 Å². The molecule has 0 aliphatic heterocycles. The van der Waals surface area contributed by atoms with Gasteiger partial charge in [-0.2, -0.15) is 0 Å². The molecule has 0 aromatic heterocycles. The Morgan fingerprint density at radius 1 is 1.26 bits per heavy atom. The molecule has 0 amide bonds. The lowest BCUT2D eigenvalue weighted by Gasteiger charge is -2.13. The molecule has 1 rings (SSSR count). The highest BCUT2D eigenvalue weighted by atomic mass is 19.2. The van der Waals surface area contributed by atoms with Gasteiger partial charge in [-0.05, 0) is 51.2 Å². The second-order valence-electron chi connectivity index (χ2n) is 4.94. The maximum absolute atomic E-state index is 13.0. The maximum atomic E-state index is 13.0. The standard InChI is InChI=1S/C14H22F2N2O/c1-18(2)6-3-7-19-10-12(17)8-11-4-5-13(15)14(16)9-11/h4-5,9,12H,3,6-8,10,17H2,1-2H3/t12-/m1/s1. The Hall–Kier alpha value is -1.04. The zero-order chi connectivity index (χ0) is 14.3. The summed E-state index contributed by atoms with van der Waals surface area (Å²) >= 11 is 0. The van der Waals surface area contributed by atoms with Crippen LogP contribution in [0.2, 0.25) is 0 Å². The van der Waals surface area contributed by atoms with Gasteiger partial charge in [-0.1, -0.05) is 6.07 Å². The lowest BCUT2D eigenvalue weighted by Crippen LogP contribution is -2.29. The van der Waals surface area contributed by atoms with Crippen molar-refractivity contribution in [3.05, 3.63) is 35.4 Å². The summed E-state index contributed by atoms with van der Waals surface area (Å²) in [5.74, 6) is -1.67. The van der Waals surface area contributed by atoms with E-state index in [9.17, 15) is 8.78 Å². The molecule has 1 aromatic rings. The van der Waals surface area contributed by atoms with Gasteiger partial charge in [0.15, 0.2) is 11.6 Å². The van der Waals surface area contributed by atoms with Gasteiger partial charge in [0, 0.05) is 12.6 Å². The highest BCUT2D eigenvalue weighted by Gasteiger charge is 2.07. The molecule has 0 saturated carbocycles. The van der Waals surface area contributed by atoms with Crippen LogP contribution in [0.4, 0.5) is 8.78 Å². The third kappa shape index (κ3) is 6.61. The van der Waals surface area contributed by atoms with E-state index in [1.165, 1.54) is 6.07 Å². The van der Waals surface area contributed by atoms with Crippen LogP contribution in [0.3, 0.4) is 0 Å². The lowest BCUT2D eigenvalue weighted by molar-refractivity contribution is 0.113. The molecule has 0 saturated heterocycles. The number of ether oxygens (including phenoxy) is 1. The predicted octanol–water partition coefficient (Wildman–Crippen LogP) is 1.80. The van der Waals surface area contributed by atoms with Crippen molar-refractivity contribution >= 4 is 0 Å². The van der Waals surface area contributed by atoms with Gasteiger partial charge < -0.3 is 15.4 Å². The summed E-state index contributed by atoms with van der Waals surface area (Å²) < 4.78 is 31.2. The molecule has 108 valence electrons. The molecule has 1 atom stereocenters. The number of hydrogen-bond donors (Lipinski definition) is 1. The fourth-order valence-corrected chi connectivity index (χ4v) is 1.75. The minimum Gasteiger partial charge on any atom is -0.380 e. The first kappa shape index (κ1) is 16.0. The topological polar surface area (TPSA) is 38.5 Å². The van der Waals surface area contributed by atoms with Crippen LogP contribution in [-0.4, -0.2) is 44.8 Å². The highest BCUT2D eigenvalue weighted by molar-refractivity contribution is 5.18. The molecule has 0 spiro atoms. The van der Waals surface area contributed by atoms with Crippen molar-refractivity contribution in [2.75, 3.05) is 33.9 Å². The third-order valence-electron chi connectivity index (χ3n) is 2.71. The molecule has 0 unspecified atom stereocenters. The molecule has 3 nitrogen and oxygen atoms in total. The van der Waals surface area contributed by atoms with Crippen LogP contribution in [0.5, 0.6) is 0 Å². The van der Waals surface area contributed by atoms with Gasteiger partial charge in [-0.25, -0.2) is 8.78 Å². The minimum atomic E-state index is -0.836. The van der Waals surface area contributed by atoms with Gasteiger partial charge in [0.2, 0.25) is 0 Å². The van der Waals surface area contributed by atoms with E-state index in [2.05, 4.69) is 4.90 Å². The number of hydrogen-bond acceptors (Lipinski definition) is 3. The fourth-order valence-electron chi connectivity index (χ4n) is 1.75. The van der Waals surface area contributed by atoms with E-state index in [0.29, 0.717) is 25.2 Å². The quantitative estimate of drug-likeness (QED) is 0.733. The Morgan fingerprint density at radius 3 is 2.63 bits per heavy atom. The van der Waals surface area contributed by atoms with Crippen molar-refractivity contribution in [2.45, 2.75) is 18.9 Å². The Morgan fingerprint density at radius 2 is 2.00 bits per heavy atom. The second kappa shape index (κ2) is 8.19. The van der Waals surface area contributed by atoms with Gasteiger partial charge in [0.1, 0.15) is 0 Å². The second-order valence-corrected chi connectivity index (χ2v) is 4.94. The first-order chi connectivity index (χ1) is 8.99. The predicted molar refractivity (Wildman–Crippen MR) is 72.0 cm³/mol. The smallest absolute Gasteiger partial charge is 0.159 e. The number of halogens is 2. The summed E-state index contributed by atoms with van der Waals surface area (Å²) in [6.07, 6.45) is 1.43. The van der Waals surface area contributed by atoms with Crippen molar-refractivity contribution in [3.8, 4) is 0 Å². The normalized spacial score (nSPS) is 12.9. The number of rotatable bonds is 8. The van der Waals surface area contributed by atoms with Crippen LogP contribution >= 0.6 is 0 Å². The molecular formula is C14H22F2N2O. The molecule has 0 aliphatic rings. The molecule has 1 aromatic carbocycles. The van der Waals surface area contributed by atoms with Gasteiger partial charge in [0.05, 0.1) is 6.61 Å². The molecule has 0 radical (unpaired) electrons. The number of benzene rings is 1. The largest absolute Gasteiger partial charge is 0.380 e. The van der Waals surface area contributed by atoms with E-state index in [4.69, 9.17) is 10.5 Å². The maximum Gasteiger partial charge on any atom is 0.159 e. The van der Waals surface area contributed by atoms with E-state index in [1.807, 2.05) is 14.1 Å². The van der Waals surface area contributed by atoms with E-state index < -0.39 is 11.6 Å². The summed E-state index contributed by atoms with van der Waals surface area (Å²) in [5, 5.41) is 0. The zero-order valence-corrected chi connectivity index (χ0v) is 11.5. The molecule has 19 heavy (non-hydrogen) atoms. The summed E-state index contributed by atoms with van der Waals surface area (Å²) in [7, 11) is 4.02. The Labute approximate surface area is 113 Å². The van der Waals surface area contributed by atoms with E-state index in [1.54, 1.807) is 6.07 Å². The minimum absolute atomic E-state index is 0.204. The summed E-state index contributed by atoms with van der Waals surface area (Å²) in [5.41, 5.74) is 6.57. The molecule has 0 heterocycles. The van der Waals surface area contributed by atoms with Crippen molar-refractivity contribution < 1.29 is 13.5 Å². The Kier molecular flexibility index (Phi) is 6.91. The molecule has 0 bridgehead atoms. The average molecular weight is 272 g/mol. The fraction of sp³-hybridized carbons (Fsp3) is 0.571. The third-order valence-corrected chi connectivity index (χ3v) is 2.71. The van der Waals surface area contributed by atoms with Gasteiger partial charge in [-0.15, -0.1) is 0 Å². The van der Waals surface area contributed by atoms with Crippen molar-refractivity contribution in [1.29, 1.82) is 0 Å². The van der Waals surface area contributed by atoms with Crippen LogP contribution in [0.1, 0.15) is 12.0 Å². The molecule has 0 fully saturated rings. The summed E-state index contributed by atoms with van der Waals surface area (Å²) in [6, 6.07) is 3.64. The van der Waals surface area contributed by atoms with Gasteiger partial charge >= 0.3 is 0 Å². The van der Waals surface area contributed by atoms with Crippen LogP contribution in [0.25, 0.3) is 0 Å². The van der Waals surface area contributed by atoms with Crippen LogP contribution in [-0.2, 0) is 11.2 Å². The van der Waals surface area contributed by atoms with Crippen LogP contribution in [0.15, 0.2) is 18.2 Å². The first-order valence-corrected chi connectivity index (χ1v) is 6.41. The van der Waals surface area contributed by atoms with Gasteiger partial charge in [0.25, 0.3) is 0 Å². The Bertz CT molecular complexity index is 386.